The van der Waals surface area contributed by atoms with Gasteiger partial charge in [-0.25, -0.2) is 4.98 Å². The molecule has 8 heteroatoms. The van der Waals surface area contributed by atoms with E-state index in [1.54, 1.807) is 0 Å². The van der Waals surface area contributed by atoms with Crippen molar-refractivity contribution in [3.05, 3.63) is 16.7 Å². The number of rotatable bonds is 2. The number of likely N-dealkylation sites (tertiary alicyclic amines) is 1. The van der Waals surface area contributed by atoms with Gasteiger partial charge in [-0.2, -0.15) is 9.97 Å². The van der Waals surface area contributed by atoms with Crippen molar-refractivity contribution in [1.82, 2.24) is 24.4 Å². The van der Waals surface area contributed by atoms with Crippen molar-refractivity contribution in [2.24, 2.45) is 7.05 Å². The average Bonchev–Trinajstić information content (AvgIpc) is 2.86. The fraction of sp³-hybridized carbons (Fsp3) is 0.611. The number of imidazole rings is 1. The second-order valence-corrected chi connectivity index (χ2v) is 8.28. The van der Waals surface area contributed by atoms with Crippen LogP contribution in [0.3, 0.4) is 0 Å². The van der Waals surface area contributed by atoms with E-state index in [0.717, 1.165) is 49.0 Å². The Labute approximate surface area is 158 Å². The van der Waals surface area contributed by atoms with Crippen molar-refractivity contribution in [3.63, 3.8) is 0 Å². The normalized spacial score (nSPS) is 19.1. The molecule has 2 aliphatic heterocycles. The number of aryl methyl sites for hydroxylation is 1. The number of morpholine rings is 1. The van der Waals surface area contributed by atoms with Gasteiger partial charge in [0.15, 0.2) is 17.0 Å². The van der Waals surface area contributed by atoms with Crippen LogP contribution in [0.2, 0.25) is 5.28 Å². The summed E-state index contributed by atoms with van der Waals surface area (Å²) in [6.45, 7) is 11.6. The molecular formula is C18H25ClN6O. The second-order valence-electron chi connectivity index (χ2n) is 7.95. The Morgan fingerprint density at radius 2 is 1.77 bits per heavy atom. The van der Waals surface area contributed by atoms with Crippen molar-refractivity contribution in [1.29, 1.82) is 0 Å². The maximum atomic E-state index is 6.19. The second kappa shape index (κ2) is 6.48. The number of ether oxygens (including phenoxy) is 1. The average molecular weight is 377 g/mol. The highest BCUT2D eigenvalue weighted by atomic mass is 35.5. The Kier molecular flexibility index (Phi) is 4.41. The molecule has 2 fully saturated rings. The quantitative estimate of drug-likeness (QED) is 0.750. The highest BCUT2D eigenvalue weighted by Crippen LogP contribution is 2.29. The van der Waals surface area contributed by atoms with E-state index in [-0.39, 0.29) is 10.8 Å². The van der Waals surface area contributed by atoms with Gasteiger partial charge in [-0.1, -0.05) is 0 Å². The van der Waals surface area contributed by atoms with Gasteiger partial charge in [0, 0.05) is 38.8 Å². The maximum absolute atomic E-state index is 6.19. The minimum Gasteiger partial charge on any atom is -0.378 e. The molecule has 2 aromatic rings. The summed E-state index contributed by atoms with van der Waals surface area (Å²) in [4.78, 5) is 18.3. The van der Waals surface area contributed by atoms with Crippen LogP contribution in [0.4, 0.5) is 5.82 Å². The lowest BCUT2D eigenvalue weighted by atomic mass is 9.97. The maximum Gasteiger partial charge on any atom is 0.226 e. The van der Waals surface area contributed by atoms with Crippen LogP contribution in [0.25, 0.3) is 17.2 Å². The van der Waals surface area contributed by atoms with Gasteiger partial charge in [0.2, 0.25) is 5.28 Å². The molecule has 2 saturated heterocycles. The molecule has 2 aliphatic rings. The van der Waals surface area contributed by atoms with E-state index < -0.39 is 0 Å². The topological polar surface area (TPSA) is 59.3 Å². The molecule has 0 unspecified atom stereocenters. The van der Waals surface area contributed by atoms with Crippen molar-refractivity contribution < 1.29 is 4.74 Å². The van der Waals surface area contributed by atoms with Crippen molar-refractivity contribution in [2.75, 3.05) is 44.3 Å². The van der Waals surface area contributed by atoms with Crippen molar-refractivity contribution in [2.45, 2.75) is 26.3 Å². The zero-order chi connectivity index (χ0) is 18.5. The molecule has 0 N–H and O–H groups in total. The zero-order valence-electron chi connectivity index (χ0n) is 15.8. The number of halogens is 1. The third-order valence-electron chi connectivity index (χ3n) is 5.09. The summed E-state index contributed by atoms with van der Waals surface area (Å²) in [7, 11) is 1.98. The van der Waals surface area contributed by atoms with E-state index in [2.05, 4.69) is 46.6 Å². The Hall–Kier alpha value is -1.70. The molecule has 0 saturated carbocycles. The first-order valence-corrected chi connectivity index (χ1v) is 9.38. The Balaban J connectivity index is 1.68. The molecule has 140 valence electrons. The molecule has 2 aromatic heterocycles. The highest BCUT2D eigenvalue weighted by Gasteiger charge is 2.30. The minimum atomic E-state index is 0.201. The summed E-state index contributed by atoms with van der Waals surface area (Å²) in [5.74, 6) is 1.70. The van der Waals surface area contributed by atoms with E-state index in [1.165, 1.54) is 5.57 Å². The van der Waals surface area contributed by atoms with Crippen LogP contribution in [-0.2, 0) is 11.8 Å². The minimum absolute atomic E-state index is 0.201. The number of hydrogen-bond acceptors (Lipinski definition) is 6. The lowest BCUT2D eigenvalue weighted by molar-refractivity contribution is 0.117. The zero-order valence-corrected chi connectivity index (χ0v) is 16.5. The largest absolute Gasteiger partial charge is 0.378 e. The fourth-order valence-electron chi connectivity index (χ4n) is 3.35. The Morgan fingerprint density at radius 1 is 1.08 bits per heavy atom. The summed E-state index contributed by atoms with van der Waals surface area (Å²) >= 11 is 6.19. The number of anilines is 1. The number of fused-ring (bicyclic) bond motifs is 1. The first-order valence-electron chi connectivity index (χ1n) is 9.00. The molecule has 4 rings (SSSR count). The third kappa shape index (κ3) is 3.19. The number of aromatic nitrogens is 4. The monoisotopic (exact) mass is 376 g/mol. The first kappa shape index (κ1) is 17.7. The predicted molar refractivity (Wildman–Crippen MR) is 104 cm³/mol. The van der Waals surface area contributed by atoms with Gasteiger partial charge >= 0.3 is 0 Å². The fourth-order valence-corrected chi connectivity index (χ4v) is 3.51. The van der Waals surface area contributed by atoms with Crippen LogP contribution in [0.5, 0.6) is 0 Å². The molecule has 0 amide bonds. The van der Waals surface area contributed by atoms with Gasteiger partial charge < -0.3 is 14.2 Å². The molecule has 7 nitrogen and oxygen atoms in total. The Morgan fingerprint density at radius 3 is 2.42 bits per heavy atom. The van der Waals surface area contributed by atoms with Crippen LogP contribution in [0.1, 0.15) is 26.6 Å². The third-order valence-corrected chi connectivity index (χ3v) is 5.26. The van der Waals surface area contributed by atoms with Gasteiger partial charge in [-0.3, -0.25) is 4.90 Å². The van der Waals surface area contributed by atoms with Gasteiger partial charge in [-0.15, -0.1) is 0 Å². The van der Waals surface area contributed by atoms with E-state index in [4.69, 9.17) is 21.3 Å². The van der Waals surface area contributed by atoms with Crippen LogP contribution in [0.15, 0.2) is 5.57 Å². The van der Waals surface area contributed by atoms with Crippen LogP contribution >= 0.6 is 11.6 Å². The summed E-state index contributed by atoms with van der Waals surface area (Å²) < 4.78 is 7.45. The molecule has 0 atom stereocenters. The molecule has 0 bridgehead atoms. The molecular weight excluding hydrogens is 352 g/mol. The molecule has 0 aliphatic carbocycles. The Bertz CT molecular complexity index is 855. The lowest BCUT2D eigenvalue weighted by Gasteiger charge is -2.44. The van der Waals surface area contributed by atoms with E-state index in [1.807, 2.05) is 11.6 Å². The van der Waals surface area contributed by atoms with E-state index in [9.17, 15) is 0 Å². The van der Waals surface area contributed by atoms with E-state index >= 15 is 0 Å². The van der Waals surface area contributed by atoms with Crippen LogP contribution < -0.4 is 4.90 Å². The summed E-state index contributed by atoms with van der Waals surface area (Å²) in [5, 5.41) is 0.253. The molecule has 26 heavy (non-hydrogen) atoms. The van der Waals surface area contributed by atoms with Crippen LogP contribution in [-0.4, -0.2) is 69.4 Å². The van der Waals surface area contributed by atoms with E-state index in [0.29, 0.717) is 13.2 Å². The van der Waals surface area contributed by atoms with Gasteiger partial charge in [0.05, 0.1) is 13.2 Å². The summed E-state index contributed by atoms with van der Waals surface area (Å²) in [6, 6.07) is 0. The smallest absolute Gasteiger partial charge is 0.226 e. The standard InChI is InChI=1S/C18H25ClN6O/c1-18(2,3)25-10-12(11-25)9-13-20-14-15(23(13)4)21-17(19)22-16(14)24-5-7-26-8-6-24/h9H,5-8,10-11H2,1-4H3. The van der Waals surface area contributed by atoms with Gasteiger partial charge in [0.25, 0.3) is 0 Å². The van der Waals surface area contributed by atoms with Crippen molar-refractivity contribution >= 4 is 34.7 Å². The predicted octanol–water partition coefficient (Wildman–Crippen LogP) is 2.35. The first-order chi connectivity index (χ1) is 12.3. The highest BCUT2D eigenvalue weighted by molar-refractivity contribution is 6.28. The molecule has 0 aromatic carbocycles. The number of nitrogens with zero attached hydrogens (tertiary/aromatic N) is 6. The van der Waals surface area contributed by atoms with Crippen LogP contribution in [0, 0.1) is 0 Å². The van der Waals surface area contributed by atoms with Crippen molar-refractivity contribution in [3.8, 4) is 0 Å². The van der Waals surface area contributed by atoms with Gasteiger partial charge in [0.1, 0.15) is 5.82 Å². The molecule has 0 spiro atoms. The SMILES string of the molecule is Cn1c(C=C2CN(C(C)(C)C)C2)nc2c(N3CCOCC3)nc(Cl)nc21. The number of hydrogen-bond donors (Lipinski definition) is 0. The van der Waals surface area contributed by atoms with Gasteiger partial charge in [-0.05, 0) is 44.0 Å². The molecule has 0 radical (unpaired) electrons. The summed E-state index contributed by atoms with van der Waals surface area (Å²) in [5.41, 5.74) is 3.15. The molecule has 4 heterocycles. The lowest BCUT2D eigenvalue weighted by Crippen LogP contribution is -2.51. The summed E-state index contributed by atoms with van der Waals surface area (Å²) in [6.07, 6.45) is 2.17.